The summed E-state index contributed by atoms with van der Waals surface area (Å²) in [5.41, 5.74) is 1.30. The third kappa shape index (κ3) is 3.09. The van der Waals surface area contributed by atoms with Gasteiger partial charge in [0.05, 0.1) is 10.6 Å². The van der Waals surface area contributed by atoms with Gasteiger partial charge in [0.25, 0.3) is 5.91 Å². The molecular weight excluding hydrogens is 281 g/mol. The number of anilines is 1. The third-order valence-electron chi connectivity index (χ3n) is 2.79. The van der Waals surface area contributed by atoms with Crippen LogP contribution < -0.4 is 4.90 Å². The zero-order chi connectivity index (χ0) is 13.8. The Morgan fingerprint density at radius 1 is 1.11 bits per heavy atom. The Labute approximate surface area is 122 Å². The molecule has 0 atom stereocenters. The second kappa shape index (κ2) is 6.09. The predicted octanol–water partition coefficient (Wildman–Crippen LogP) is 4.66. The monoisotopic (exact) mass is 293 g/mol. The van der Waals surface area contributed by atoms with Gasteiger partial charge in [-0.15, -0.1) is 0 Å². The molecule has 0 saturated heterocycles. The molecule has 2 aromatic carbocycles. The predicted molar refractivity (Wildman–Crippen MR) is 80.3 cm³/mol. The number of rotatable bonds is 3. The van der Waals surface area contributed by atoms with Crippen molar-refractivity contribution in [3.63, 3.8) is 0 Å². The number of halogens is 2. The fraction of sp³-hybridized carbons (Fsp3) is 0.133. The topological polar surface area (TPSA) is 20.3 Å². The molecule has 0 heterocycles. The van der Waals surface area contributed by atoms with Crippen LogP contribution in [0.5, 0.6) is 0 Å². The number of benzene rings is 2. The van der Waals surface area contributed by atoms with E-state index in [4.69, 9.17) is 23.2 Å². The summed E-state index contributed by atoms with van der Waals surface area (Å²) in [5.74, 6) is -0.129. The number of amides is 1. The molecule has 98 valence electrons. The Bertz CT molecular complexity index is 584. The van der Waals surface area contributed by atoms with Gasteiger partial charge >= 0.3 is 0 Å². The van der Waals surface area contributed by atoms with Gasteiger partial charge in [-0.2, -0.15) is 0 Å². The molecule has 0 aliphatic heterocycles. The molecule has 0 aliphatic rings. The first-order chi connectivity index (χ1) is 9.13. The van der Waals surface area contributed by atoms with Crippen molar-refractivity contribution < 1.29 is 4.79 Å². The number of hydrogen-bond acceptors (Lipinski definition) is 1. The molecule has 2 nitrogen and oxygen atoms in total. The minimum Gasteiger partial charge on any atom is -0.309 e. The quantitative estimate of drug-likeness (QED) is 0.806. The SMILES string of the molecule is CCN(C(=O)c1ccc(Cl)cc1Cl)c1ccccc1. The first kappa shape index (κ1) is 13.9. The Balaban J connectivity index is 2.36. The maximum Gasteiger partial charge on any atom is 0.259 e. The van der Waals surface area contributed by atoms with E-state index < -0.39 is 0 Å². The van der Waals surface area contributed by atoms with Crippen molar-refractivity contribution in [3.8, 4) is 0 Å². The van der Waals surface area contributed by atoms with Crippen LogP contribution in [0.1, 0.15) is 17.3 Å². The molecule has 2 aromatic rings. The molecule has 0 aromatic heterocycles. The summed E-state index contributed by atoms with van der Waals surface area (Å²) in [6.07, 6.45) is 0. The van der Waals surface area contributed by atoms with E-state index >= 15 is 0 Å². The smallest absolute Gasteiger partial charge is 0.259 e. The molecule has 0 bridgehead atoms. The first-order valence-electron chi connectivity index (χ1n) is 5.95. The lowest BCUT2D eigenvalue weighted by molar-refractivity contribution is 0.0988. The lowest BCUT2D eigenvalue weighted by Gasteiger charge is -2.21. The highest BCUT2D eigenvalue weighted by Gasteiger charge is 2.18. The van der Waals surface area contributed by atoms with Crippen molar-refractivity contribution in [2.45, 2.75) is 6.92 Å². The summed E-state index contributed by atoms with van der Waals surface area (Å²) in [6.45, 7) is 2.50. The van der Waals surface area contributed by atoms with E-state index in [1.54, 1.807) is 23.1 Å². The van der Waals surface area contributed by atoms with E-state index in [2.05, 4.69) is 0 Å². The Hall–Kier alpha value is -1.51. The summed E-state index contributed by atoms with van der Waals surface area (Å²) in [5, 5.41) is 0.885. The van der Waals surface area contributed by atoms with Gasteiger partial charge in [-0.1, -0.05) is 41.4 Å². The van der Waals surface area contributed by atoms with Gasteiger partial charge in [0.15, 0.2) is 0 Å². The van der Waals surface area contributed by atoms with Crippen molar-refractivity contribution in [2.75, 3.05) is 11.4 Å². The highest BCUT2D eigenvalue weighted by Crippen LogP contribution is 2.24. The molecule has 0 unspecified atom stereocenters. The number of hydrogen-bond donors (Lipinski definition) is 0. The van der Waals surface area contributed by atoms with Gasteiger partial charge in [-0.25, -0.2) is 0 Å². The average molecular weight is 294 g/mol. The average Bonchev–Trinajstić information content (AvgIpc) is 2.40. The third-order valence-corrected chi connectivity index (χ3v) is 3.34. The maximum atomic E-state index is 12.5. The van der Waals surface area contributed by atoms with E-state index in [-0.39, 0.29) is 5.91 Å². The Morgan fingerprint density at radius 3 is 2.37 bits per heavy atom. The van der Waals surface area contributed by atoms with Crippen LogP contribution in [0.4, 0.5) is 5.69 Å². The van der Waals surface area contributed by atoms with Gasteiger partial charge in [-0.05, 0) is 37.3 Å². The molecule has 1 amide bonds. The summed E-state index contributed by atoms with van der Waals surface area (Å²) >= 11 is 11.9. The molecule has 2 rings (SSSR count). The fourth-order valence-corrected chi connectivity index (χ4v) is 2.35. The highest BCUT2D eigenvalue weighted by atomic mass is 35.5. The first-order valence-corrected chi connectivity index (χ1v) is 6.71. The van der Waals surface area contributed by atoms with Crippen LogP contribution in [0.3, 0.4) is 0 Å². The molecule has 0 spiro atoms. The van der Waals surface area contributed by atoms with Crippen LogP contribution >= 0.6 is 23.2 Å². The van der Waals surface area contributed by atoms with E-state index in [1.807, 2.05) is 37.3 Å². The lowest BCUT2D eigenvalue weighted by Crippen LogP contribution is -2.30. The zero-order valence-electron chi connectivity index (χ0n) is 10.4. The largest absolute Gasteiger partial charge is 0.309 e. The number of para-hydroxylation sites is 1. The standard InChI is InChI=1S/C15H13Cl2NO/c1-2-18(12-6-4-3-5-7-12)15(19)13-9-8-11(16)10-14(13)17/h3-10H,2H2,1H3. The van der Waals surface area contributed by atoms with Crippen molar-refractivity contribution >= 4 is 34.8 Å². The van der Waals surface area contributed by atoms with E-state index in [9.17, 15) is 4.79 Å². The molecule has 0 fully saturated rings. The normalized spacial score (nSPS) is 10.3. The minimum atomic E-state index is -0.129. The Morgan fingerprint density at radius 2 is 1.79 bits per heavy atom. The number of nitrogens with zero attached hydrogens (tertiary/aromatic N) is 1. The molecule has 19 heavy (non-hydrogen) atoms. The summed E-state index contributed by atoms with van der Waals surface area (Å²) < 4.78 is 0. The van der Waals surface area contributed by atoms with E-state index in [0.29, 0.717) is 22.2 Å². The van der Waals surface area contributed by atoms with Crippen LogP contribution in [-0.4, -0.2) is 12.5 Å². The molecule has 0 saturated carbocycles. The van der Waals surface area contributed by atoms with Gasteiger partial charge in [0, 0.05) is 17.3 Å². The number of carbonyl (C=O) groups excluding carboxylic acids is 1. The molecule has 0 N–H and O–H groups in total. The molecule has 0 radical (unpaired) electrons. The summed E-state index contributed by atoms with van der Waals surface area (Å²) in [7, 11) is 0. The summed E-state index contributed by atoms with van der Waals surface area (Å²) in [6, 6.07) is 14.4. The lowest BCUT2D eigenvalue weighted by atomic mass is 10.1. The zero-order valence-corrected chi connectivity index (χ0v) is 11.9. The minimum absolute atomic E-state index is 0.129. The van der Waals surface area contributed by atoms with Gasteiger partial charge in [0.2, 0.25) is 0 Å². The molecule has 0 aliphatic carbocycles. The van der Waals surface area contributed by atoms with E-state index in [1.165, 1.54) is 0 Å². The molecular formula is C15H13Cl2NO. The van der Waals surface area contributed by atoms with Crippen LogP contribution in [0.2, 0.25) is 10.0 Å². The van der Waals surface area contributed by atoms with Gasteiger partial charge in [0.1, 0.15) is 0 Å². The second-order valence-corrected chi connectivity index (χ2v) is 4.85. The van der Waals surface area contributed by atoms with Crippen LogP contribution in [-0.2, 0) is 0 Å². The second-order valence-electron chi connectivity index (χ2n) is 4.01. The van der Waals surface area contributed by atoms with Crippen molar-refractivity contribution in [3.05, 3.63) is 64.1 Å². The van der Waals surface area contributed by atoms with Crippen molar-refractivity contribution in [1.29, 1.82) is 0 Å². The maximum absolute atomic E-state index is 12.5. The number of carbonyl (C=O) groups is 1. The van der Waals surface area contributed by atoms with E-state index in [0.717, 1.165) is 5.69 Å². The highest BCUT2D eigenvalue weighted by molar-refractivity contribution is 6.37. The Kier molecular flexibility index (Phi) is 4.46. The molecule has 4 heteroatoms. The van der Waals surface area contributed by atoms with Crippen LogP contribution in [0.15, 0.2) is 48.5 Å². The van der Waals surface area contributed by atoms with Crippen LogP contribution in [0.25, 0.3) is 0 Å². The van der Waals surface area contributed by atoms with Crippen molar-refractivity contribution in [2.24, 2.45) is 0 Å². The van der Waals surface area contributed by atoms with Gasteiger partial charge < -0.3 is 4.90 Å². The van der Waals surface area contributed by atoms with Crippen LogP contribution in [0, 0.1) is 0 Å². The summed E-state index contributed by atoms with van der Waals surface area (Å²) in [4.78, 5) is 14.2. The van der Waals surface area contributed by atoms with Crippen molar-refractivity contribution in [1.82, 2.24) is 0 Å². The fourth-order valence-electron chi connectivity index (χ4n) is 1.86. The van der Waals surface area contributed by atoms with Gasteiger partial charge in [-0.3, -0.25) is 4.79 Å².